The van der Waals surface area contributed by atoms with Crippen molar-refractivity contribution in [1.82, 2.24) is 15.2 Å². The van der Waals surface area contributed by atoms with Crippen molar-refractivity contribution < 1.29 is 14.0 Å². The van der Waals surface area contributed by atoms with Crippen molar-refractivity contribution in [2.75, 3.05) is 0 Å². The van der Waals surface area contributed by atoms with Gasteiger partial charge in [0.05, 0.1) is 6.54 Å². The fourth-order valence-corrected chi connectivity index (χ4v) is 2.65. The summed E-state index contributed by atoms with van der Waals surface area (Å²) in [5.41, 5.74) is 0.787. The average molecular weight is 408 g/mol. The van der Waals surface area contributed by atoms with Gasteiger partial charge in [-0.1, -0.05) is 22.0 Å². The van der Waals surface area contributed by atoms with E-state index >= 15 is 0 Å². The molecule has 1 N–H and O–H groups in total. The second-order valence-electron chi connectivity index (χ2n) is 6.29. The molecule has 0 aliphatic rings. The number of benzene rings is 1. The van der Waals surface area contributed by atoms with E-state index in [4.69, 9.17) is 4.42 Å². The highest BCUT2D eigenvalue weighted by Crippen LogP contribution is 2.17. The van der Waals surface area contributed by atoms with Gasteiger partial charge in [0.1, 0.15) is 6.26 Å². The first-order chi connectivity index (χ1) is 11.8. The summed E-state index contributed by atoms with van der Waals surface area (Å²) in [5.74, 6) is -0.0898. The van der Waals surface area contributed by atoms with Crippen LogP contribution in [0.25, 0.3) is 0 Å². The molecule has 134 valence electrons. The van der Waals surface area contributed by atoms with E-state index in [1.165, 1.54) is 6.26 Å². The Bertz CT molecular complexity index is 756. The second kappa shape index (κ2) is 8.29. The summed E-state index contributed by atoms with van der Waals surface area (Å²) >= 11 is 3.38. The number of hydrogen-bond acceptors (Lipinski definition) is 4. The molecule has 0 radical (unpaired) electrons. The molecular weight excluding hydrogens is 386 g/mol. The van der Waals surface area contributed by atoms with E-state index in [0.717, 1.165) is 4.47 Å². The average Bonchev–Trinajstić information content (AvgIpc) is 3.00. The molecule has 0 bridgehead atoms. The van der Waals surface area contributed by atoms with Crippen LogP contribution in [0.3, 0.4) is 0 Å². The summed E-state index contributed by atoms with van der Waals surface area (Å²) in [6.07, 6.45) is 1.31. The zero-order valence-corrected chi connectivity index (χ0v) is 16.3. The maximum Gasteiger partial charge on any atom is 0.273 e. The van der Waals surface area contributed by atoms with Crippen LogP contribution in [-0.4, -0.2) is 33.8 Å². The summed E-state index contributed by atoms with van der Waals surface area (Å²) in [5, 5.41) is 2.76. The molecule has 1 aromatic carbocycles. The highest BCUT2D eigenvalue weighted by Gasteiger charge is 2.22. The van der Waals surface area contributed by atoms with Gasteiger partial charge in [-0.05, 0) is 45.9 Å². The lowest BCUT2D eigenvalue weighted by molar-refractivity contribution is 0.0672. The van der Waals surface area contributed by atoms with E-state index in [1.54, 1.807) is 17.0 Å². The molecule has 0 fully saturated rings. The summed E-state index contributed by atoms with van der Waals surface area (Å²) in [4.78, 5) is 30.6. The summed E-state index contributed by atoms with van der Waals surface area (Å²) in [6.45, 7) is 7.78. The van der Waals surface area contributed by atoms with E-state index in [0.29, 0.717) is 11.5 Å². The van der Waals surface area contributed by atoms with Crippen molar-refractivity contribution >= 4 is 27.7 Å². The third-order valence-electron chi connectivity index (χ3n) is 3.47. The zero-order valence-electron chi connectivity index (χ0n) is 14.7. The SMILES string of the molecule is CC(C)NC(=O)c1coc(CN(C(=O)c2cccc(Br)c2)C(C)C)n1. The summed E-state index contributed by atoms with van der Waals surface area (Å²) in [6, 6.07) is 7.18. The van der Waals surface area contributed by atoms with Gasteiger partial charge >= 0.3 is 0 Å². The summed E-state index contributed by atoms with van der Waals surface area (Å²) in [7, 11) is 0. The number of nitrogens with zero attached hydrogens (tertiary/aromatic N) is 2. The monoisotopic (exact) mass is 407 g/mol. The van der Waals surface area contributed by atoms with Gasteiger partial charge in [-0.3, -0.25) is 9.59 Å². The van der Waals surface area contributed by atoms with Crippen LogP contribution in [0.5, 0.6) is 0 Å². The van der Waals surface area contributed by atoms with Crippen LogP contribution < -0.4 is 5.32 Å². The number of amides is 2. The number of carbonyl (C=O) groups excluding carboxylic acids is 2. The Kier molecular flexibility index (Phi) is 6.36. The van der Waals surface area contributed by atoms with Crippen LogP contribution in [0.2, 0.25) is 0 Å². The minimum absolute atomic E-state index is 0.0120. The molecule has 0 unspecified atom stereocenters. The van der Waals surface area contributed by atoms with Gasteiger partial charge in [0, 0.05) is 22.1 Å². The second-order valence-corrected chi connectivity index (χ2v) is 7.21. The molecule has 0 aliphatic heterocycles. The van der Waals surface area contributed by atoms with Crippen LogP contribution in [0, 0.1) is 0 Å². The number of oxazole rings is 1. The zero-order chi connectivity index (χ0) is 18.6. The van der Waals surface area contributed by atoms with Crippen molar-refractivity contribution in [3.05, 3.63) is 52.1 Å². The van der Waals surface area contributed by atoms with E-state index in [1.807, 2.05) is 39.8 Å². The number of nitrogens with one attached hydrogen (secondary N) is 1. The number of carbonyl (C=O) groups is 2. The van der Waals surface area contributed by atoms with E-state index in [9.17, 15) is 9.59 Å². The first-order valence-corrected chi connectivity index (χ1v) is 8.89. The molecule has 0 saturated carbocycles. The molecule has 2 aromatic rings. The first-order valence-electron chi connectivity index (χ1n) is 8.09. The van der Waals surface area contributed by atoms with Crippen molar-refractivity contribution in [3.63, 3.8) is 0 Å². The molecule has 2 rings (SSSR count). The Morgan fingerprint density at radius 3 is 2.60 bits per heavy atom. The predicted molar refractivity (Wildman–Crippen MR) is 98.3 cm³/mol. The molecule has 0 aliphatic carbocycles. The standard InChI is InChI=1S/C18H22BrN3O3/c1-11(2)20-17(23)15-10-25-16(21-15)9-22(12(3)4)18(24)13-6-5-7-14(19)8-13/h5-8,10-12H,9H2,1-4H3,(H,20,23). The quantitative estimate of drug-likeness (QED) is 0.792. The van der Waals surface area contributed by atoms with E-state index in [2.05, 4.69) is 26.2 Å². The lowest BCUT2D eigenvalue weighted by Gasteiger charge is -2.25. The minimum atomic E-state index is -0.292. The topological polar surface area (TPSA) is 75.4 Å². The van der Waals surface area contributed by atoms with Gasteiger partial charge in [0.25, 0.3) is 11.8 Å². The van der Waals surface area contributed by atoms with Gasteiger partial charge in [-0.2, -0.15) is 0 Å². The Morgan fingerprint density at radius 2 is 2.00 bits per heavy atom. The fraction of sp³-hybridized carbons (Fsp3) is 0.389. The number of rotatable bonds is 6. The van der Waals surface area contributed by atoms with Crippen LogP contribution in [0.4, 0.5) is 0 Å². The summed E-state index contributed by atoms with van der Waals surface area (Å²) < 4.78 is 6.22. The Hall–Kier alpha value is -2.15. The maximum atomic E-state index is 12.8. The fourth-order valence-electron chi connectivity index (χ4n) is 2.25. The molecule has 1 aromatic heterocycles. The lowest BCUT2D eigenvalue weighted by atomic mass is 10.1. The maximum absolute atomic E-state index is 12.8. The van der Waals surface area contributed by atoms with Crippen molar-refractivity contribution in [2.24, 2.45) is 0 Å². The van der Waals surface area contributed by atoms with Gasteiger partial charge in [-0.25, -0.2) is 4.98 Å². The third-order valence-corrected chi connectivity index (χ3v) is 3.96. The smallest absolute Gasteiger partial charge is 0.273 e. The molecule has 7 heteroatoms. The van der Waals surface area contributed by atoms with Gasteiger partial charge in [0.15, 0.2) is 5.69 Å². The van der Waals surface area contributed by atoms with Crippen molar-refractivity contribution in [1.29, 1.82) is 0 Å². The predicted octanol–water partition coefficient (Wildman–Crippen LogP) is 3.63. The minimum Gasteiger partial charge on any atom is -0.446 e. The van der Waals surface area contributed by atoms with Crippen LogP contribution >= 0.6 is 15.9 Å². The van der Waals surface area contributed by atoms with E-state index < -0.39 is 0 Å². The van der Waals surface area contributed by atoms with Gasteiger partial charge in [0.2, 0.25) is 5.89 Å². The van der Waals surface area contributed by atoms with E-state index in [-0.39, 0.29) is 36.1 Å². The Labute approximate surface area is 155 Å². The van der Waals surface area contributed by atoms with Crippen molar-refractivity contribution in [2.45, 2.75) is 46.3 Å². The largest absolute Gasteiger partial charge is 0.446 e. The molecule has 25 heavy (non-hydrogen) atoms. The molecule has 0 saturated heterocycles. The molecule has 6 nitrogen and oxygen atoms in total. The van der Waals surface area contributed by atoms with Crippen LogP contribution in [0.1, 0.15) is 54.4 Å². The molecule has 1 heterocycles. The highest BCUT2D eigenvalue weighted by atomic mass is 79.9. The van der Waals surface area contributed by atoms with Crippen LogP contribution in [0.15, 0.2) is 39.4 Å². The highest BCUT2D eigenvalue weighted by molar-refractivity contribution is 9.10. The number of halogens is 1. The number of hydrogen-bond donors (Lipinski definition) is 1. The molecule has 2 amide bonds. The first kappa shape index (κ1) is 19.2. The van der Waals surface area contributed by atoms with Crippen molar-refractivity contribution in [3.8, 4) is 0 Å². The third kappa shape index (κ3) is 5.16. The van der Waals surface area contributed by atoms with Gasteiger partial charge < -0.3 is 14.6 Å². The molecule has 0 spiro atoms. The normalized spacial score (nSPS) is 11.0. The Balaban J connectivity index is 2.16. The molecule has 0 atom stereocenters. The lowest BCUT2D eigenvalue weighted by Crippen LogP contribution is -2.36. The molecular formula is C18H22BrN3O3. The van der Waals surface area contributed by atoms with Gasteiger partial charge in [-0.15, -0.1) is 0 Å². The van der Waals surface area contributed by atoms with Crippen LogP contribution in [-0.2, 0) is 6.54 Å². The number of aromatic nitrogens is 1. The Morgan fingerprint density at radius 1 is 1.28 bits per heavy atom.